The van der Waals surface area contributed by atoms with Gasteiger partial charge in [0.25, 0.3) is 0 Å². The third kappa shape index (κ3) is 4.63. The van der Waals surface area contributed by atoms with Crippen LogP contribution in [0.5, 0.6) is 5.75 Å². The van der Waals surface area contributed by atoms with Crippen molar-refractivity contribution in [2.45, 2.75) is 5.37 Å². The van der Waals surface area contributed by atoms with Crippen LogP contribution in [0.3, 0.4) is 0 Å². The molecule has 0 saturated heterocycles. The number of hydrogen-bond donors (Lipinski definition) is 3. The first-order valence-electron chi connectivity index (χ1n) is 7.81. The van der Waals surface area contributed by atoms with E-state index in [1.165, 1.54) is 35.5 Å². The average Bonchev–Trinajstić information content (AvgIpc) is 3.33. The van der Waals surface area contributed by atoms with E-state index >= 15 is 0 Å². The molecule has 29 heavy (non-hydrogen) atoms. The summed E-state index contributed by atoms with van der Waals surface area (Å²) in [4.78, 5) is 27.7. The summed E-state index contributed by atoms with van der Waals surface area (Å²) in [6.45, 7) is 3.75. The van der Waals surface area contributed by atoms with Gasteiger partial charge >= 0.3 is 12.1 Å². The van der Waals surface area contributed by atoms with Crippen molar-refractivity contribution in [3.63, 3.8) is 0 Å². The van der Waals surface area contributed by atoms with Crippen LogP contribution in [-0.2, 0) is 4.79 Å². The van der Waals surface area contributed by atoms with Crippen molar-refractivity contribution < 1.29 is 19.4 Å². The number of thioether (sulfide) groups is 1. The number of benzene rings is 1. The molecule has 1 amide bonds. The molecular weight excluding hydrogens is 422 g/mol. The molecule has 1 aliphatic rings. The molecule has 2 heterocycles. The zero-order chi connectivity index (χ0) is 21.0. The van der Waals surface area contributed by atoms with Crippen molar-refractivity contribution in [3.8, 4) is 5.75 Å². The molecule has 13 heteroatoms. The number of carboxylic acid groups (broad SMARTS) is 1. The van der Waals surface area contributed by atoms with Crippen LogP contribution in [0.1, 0.15) is 11.1 Å². The zero-order valence-corrected chi connectivity index (χ0v) is 16.0. The summed E-state index contributed by atoms with van der Waals surface area (Å²) in [7, 11) is 0. The van der Waals surface area contributed by atoms with Crippen molar-refractivity contribution >= 4 is 41.1 Å². The van der Waals surface area contributed by atoms with Gasteiger partial charge in [-0.25, -0.2) is 9.59 Å². The molecule has 0 fully saturated rings. The summed E-state index contributed by atoms with van der Waals surface area (Å²) in [6, 6.07) is 5.88. The number of ether oxygens (including phenoxy) is 1. The van der Waals surface area contributed by atoms with Crippen LogP contribution < -0.4 is 10.1 Å². The highest BCUT2D eigenvalue weighted by molar-refractivity contribution is 8.03. The van der Waals surface area contributed by atoms with Crippen molar-refractivity contribution in [3.05, 3.63) is 75.1 Å². The first-order valence-corrected chi connectivity index (χ1v) is 9.06. The molecular formula is C16H12ClN7O4S. The third-order valence-corrected chi connectivity index (χ3v) is 5.07. The molecule has 11 nitrogen and oxygen atoms in total. The Hall–Kier alpha value is -3.60. The van der Waals surface area contributed by atoms with Crippen LogP contribution in [-0.4, -0.2) is 32.3 Å². The van der Waals surface area contributed by atoms with Gasteiger partial charge in [0.1, 0.15) is 16.8 Å². The van der Waals surface area contributed by atoms with Crippen LogP contribution >= 0.6 is 23.4 Å². The lowest BCUT2D eigenvalue weighted by Crippen LogP contribution is -2.26. The Morgan fingerprint density at radius 3 is 2.93 bits per heavy atom. The second-order valence-corrected chi connectivity index (χ2v) is 6.98. The Morgan fingerprint density at radius 2 is 2.28 bits per heavy atom. The number of carbonyl (C=O) groups excluding carboxylic acids is 1. The van der Waals surface area contributed by atoms with E-state index in [2.05, 4.69) is 32.1 Å². The molecule has 1 aromatic carbocycles. The Labute approximate surface area is 172 Å². The topological polar surface area (TPSA) is 156 Å². The van der Waals surface area contributed by atoms with Crippen molar-refractivity contribution in [2.24, 2.45) is 5.11 Å². The van der Waals surface area contributed by atoms with Gasteiger partial charge in [-0.2, -0.15) is 5.10 Å². The largest absolute Gasteiger partial charge is 0.465 e. The molecule has 1 aliphatic heterocycles. The molecule has 0 saturated carbocycles. The number of rotatable bonds is 6. The highest BCUT2D eigenvalue weighted by atomic mass is 35.5. The molecule has 0 bridgehead atoms. The maximum Gasteiger partial charge on any atom is 0.409 e. The summed E-state index contributed by atoms with van der Waals surface area (Å²) in [5, 5.41) is 21.2. The van der Waals surface area contributed by atoms with E-state index in [1.807, 2.05) is 0 Å². The number of carbonyl (C=O) groups is 2. The molecule has 0 spiro atoms. The lowest BCUT2D eigenvalue weighted by atomic mass is 10.3. The third-order valence-electron chi connectivity index (χ3n) is 3.59. The van der Waals surface area contributed by atoms with Crippen LogP contribution in [0, 0.1) is 0 Å². The van der Waals surface area contributed by atoms with E-state index in [9.17, 15) is 9.59 Å². The van der Waals surface area contributed by atoms with Crippen LogP contribution in [0.2, 0.25) is 5.02 Å². The van der Waals surface area contributed by atoms with E-state index in [-0.39, 0.29) is 27.2 Å². The lowest BCUT2D eigenvalue weighted by molar-refractivity contribution is -0.131. The number of nitrogens with zero attached hydrogens (tertiary/aromatic N) is 5. The summed E-state index contributed by atoms with van der Waals surface area (Å²) in [6.07, 6.45) is 1.70. The molecule has 0 aliphatic carbocycles. The SMILES string of the molecule is C=C(C(=O)Oc1cc(N=[N+]=[N-])ccc1Cl)N1C=C(NC(=O)O)SC1c1ccn[nH]1. The molecule has 2 aromatic rings. The van der Waals surface area contributed by atoms with E-state index in [0.717, 1.165) is 11.8 Å². The van der Waals surface area contributed by atoms with Gasteiger partial charge in [-0.05, 0) is 23.7 Å². The van der Waals surface area contributed by atoms with Crippen LogP contribution in [0.15, 0.2) is 59.1 Å². The number of nitrogens with one attached hydrogen (secondary N) is 2. The van der Waals surface area contributed by atoms with Crippen LogP contribution in [0.25, 0.3) is 10.4 Å². The van der Waals surface area contributed by atoms with E-state index in [4.69, 9.17) is 27.0 Å². The Bertz CT molecular complexity index is 1050. The molecule has 0 radical (unpaired) electrons. The zero-order valence-electron chi connectivity index (χ0n) is 14.4. The standard InChI is InChI=1S/C16H12ClN7O4S/c1-8(15(25)28-12-6-9(21-23-18)2-3-10(12)17)24-7-13(20-16(26)27)29-14(24)11-4-5-19-22-11/h2-7,14,20H,1H2,(H,19,22)(H,26,27). The molecule has 148 valence electrons. The predicted molar refractivity (Wildman–Crippen MR) is 105 cm³/mol. The Morgan fingerprint density at radius 1 is 1.48 bits per heavy atom. The number of aromatic amines is 1. The lowest BCUT2D eigenvalue weighted by Gasteiger charge is -2.24. The first-order chi connectivity index (χ1) is 13.9. The quantitative estimate of drug-likeness (QED) is 0.153. The van der Waals surface area contributed by atoms with Gasteiger partial charge in [-0.3, -0.25) is 10.4 Å². The first kappa shape index (κ1) is 20.1. The normalized spacial score (nSPS) is 15.3. The average molecular weight is 434 g/mol. The summed E-state index contributed by atoms with van der Waals surface area (Å²) >= 11 is 7.18. The number of H-pyrrole nitrogens is 1. The smallest absolute Gasteiger partial charge is 0.409 e. The van der Waals surface area contributed by atoms with Gasteiger partial charge in [0.05, 0.1) is 15.7 Å². The van der Waals surface area contributed by atoms with Gasteiger partial charge in [0.15, 0.2) is 0 Å². The van der Waals surface area contributed by atoms with E-state index < -0.39 is 17.4 Å². The second-order valence-electron chi connectivity index (χ2n) is 5.45. The minimum Gasteiger partial charge on any atom is -0.465 e. The fraction of sp³-hybridized carbons (Fsp3) is 0.0625. The number of azide groups is 1. The summed E-state index contributed by atoms with van der Waals surface area (Å²) in [5.74, 6) is -0.844. The molecule has 1 aromatic heterocycles. The van der Waals surface area contributed by atoms with E-state index in [1.54, 1.807) is 6.07 Å². The summed E-state index contributed by atoms with van der Waals surface area (Å²) < 4.78 is 5.29. The van der Waals surface area contributed by atoms with Gasteiger partial charge in [0, 0.05) is 23.0 Å². The molecule has 3 N–H and O–H groups in total. The number of hydrogen-bond acceptors (Lipinski definition) is 7. The van der Waals surface area contributed by atoms with Gasteiger partial charge in [0.2, 0.25) is 0 Å². The highest BCUT2D eigenvalue weighted by Crippen LogP contribution is 2.44. The predicted octanol–water partition coefficient (Wildman–Crippen LogP) is 4.24. The Kier molecular flexibility index (Phi) is 5.98. The minimum absolute atomic E-state index is 0.0134. The number of aromatic nitrogens is 2. The van der Waals surface area contributed by atoms with E-state index in [0.29, 0.717) is 5.69 Å². The van der Waals surface area contributed by atoms with Gasteiger partial charge < -0.3 is 14.7 Å². The maximum absolute atomic E-state index is 12.6. The fourth-order valence-corrected chi connectivity index (χ4v) is 3.63. The maximum atomic E-state index is 12.6. The summed E-state index contributed by atoms with van der Waals surface area (Å²) in [5.41, 5.74) is 9.28. The van der Waals surface area contributed by atoms with Gasteiger partial charge in [-0.1, -0.05) is 41.1 Å². The fourth-order valence-electron chi connectivity index (χ4n) is 2.35. The molecule has 3 rings (SSSR count). The monoisotopic (exact) mass is 433 g/mol. The van der Waals surface area contributed by atoms with Gasteiger partial charge in [-0.15, -0.1) is 0 Å². The molecule has 1 atom stereocenters. The van der Waals surface area contributed by atoms with Crippen molar-refractivity contribution in [2.75, 3.05) is 0 Å². The number of halogens is 1. The Balaban J connectivity index is 1.83. The number of esters is 1. The van der Waals surface area contributed by atoms with Crippen LogP contribution in [0.4, 0.5) is 10.5 Å². The number of amides is 1. The highest BCUT2D eigenvalue weighted by Gasteiger charge is 2.33. The van der Waals surface area contributed by atoms with Crippen molar-refractivity contribution in [1.29, 1.82) is 0 Å². The molecule has 1 unspecified atom stereocenters. The second kappa shape index (κ2) is 8.61. The van der Waals surface area contributed by atoms with Crippen molar-refractivity contribution in [1.82, 2.24) is 20.4 Å². The minimum atomic E-state index is -1.25.